The summed E-state index contributed by atoms with van der Waals surface area (Å²) < 4.78 is 18.7. The number of hydrogen-bond acceptors (Lipinski definition) is 3. The second-order valence-corrected chi connectivity index (χ2v) is 6.45. The number of nitrogens with zero attached hydrogens (tertiary/aromatic N) is 1. The summed E-state index contributed by atoms with van der Waals surface area (Å²) in [5.74, 6) is 1.15. The van der Waals surface area contributed by atoms with E-state index in [1.807, 2.05) is 12.1 Å². The monoisotopic (exact) mass is 305 g/mol. The molecule has 0 aliphatic heterocycles. The highest BCUT2D eigenvalue weighted by atomic mass is 19.1. The molecule has 1 aromatic heterocycles. The molecule has 0 amide bonds. The van der Waals surface area contributed by atoms with Gasteiger partial charge in [-0.15, -0.1) is 0 Å². The van der Waals surface area contributed by atoms with Gasteiger partial charge in [0.25, 0.3) is 0 Å². The lowest BCUT2D eigenvalue weighted by molar-refractivity contribution is 0.0511. The van der Waals surface area contributed by atoms with Gasteiger partial charge in [0, 0.05) is 12.6 Å². The van der Waals surface area contributed by atoms with Crippen LogP contribution in [0.25, 0.3) is 0 Å². The zero-order chi connectivity index (χ0) is 16.3. The van der Waals surface area contributed by atoms with E-state index in [-0.39, 0.29) is 5.82 Å². The third kappa shape index (κ3) is 4.42. The van der Waals surface area contributed by atoms with Crippen molar-refractivity contribution in [1.82, 2.24) is 4.90 Å². The van der Waals surface area contributed by atoms with Gasteiger partial charge < -0.3 is 9.52 Å². The van der Waals surface area contributed by atoms with Gasteiger partial charge in [-0.2, -0.15) is 0 Å². The number of hydrogen-bond donors (Lipinski definition) is 1. The Bertz CT molecular complexity index is 596. The Morgan fingerprint density at radius 3 is 2.23 bits per heavy atom. The molecule has 2 aromatic rings. The molecule has 0 saturated heterocycles. The number of furan rings is 1. The summed E-state index contributed by atoms with van der Waals surface area (Å²) in [7, 11) is 0. The molecule has 120 valence electrons. The van der Waals surface area contributed by atoms with E-state index in [4.69, 9.17) is 4.42 Å². The number of benzene rings is 1. The minimum absolute atomic E-state index is 0.222. The summed E-state index contributed by atoms with van der Waals surface area (Å²) >= 11 is 0. The Morgan fingerprint density at radius 1 is 1.09 bits per heavy atom. The molecule has 1 N–H and O–H groups in total. The molecule has 0 saturated carbocycles. The first-order chi connectivity index (χ1) is 10.3. The largest absolute Gasteiger partial charge is 0.462 e. The molecule has 2 rings (SSSR count). The van der Waals surface area contributed by atoms with Crippen molar-refractivity contribution in [3.8, 4) is 0 Å². The Kier molecular flexibility index (Phi) is 5.04. The molecule has 3 nitrogen and oxygen atoms in total. The van der Waals surface area contributed by atoms with E-state index in [0.29, 0.717) is 18.3 Å². The van der Waals surface area contributed by atoms with Crippen LogP contribution >= 0.6 is 0 Å². The van der Waals surface area contributed by atoms with E-state index >= 15 is 0 Å². The summed E-state index contributed by atoms with van der Waals surface area (Å²) in [6, 6.07) is 10.6. The fraction of sp³-hybridized carbons (Fsp3) is 0.444. The van der Waals surface area contributed by atoms with Crippen LogP contribution < -0.4 is 0 Å². The summed E-state index contributed by atoms with van der Waals surface area (Å²) in [6.07, 6.45) is 0. The average Bonchev–Trinajstić information content (AvgIpc) is 2.89. The molecule has 1 heterocycles. The molecule has 0 atom stereocenters. The van der Waals surface area contributed by atoms with E-state index in [1.54, 1.807) is 26.0 Å². The SMILES string of the molecule is CC(C)N(Cc1ccc(F)cc1)Cc1ccc(C(C)(C)O)o1. The minimum atomic E-state index is -0.974. The molecule has 0 unspecified atom stereocenters. The molecule has 0 aliphatic carbocycles. The van der Waals surface area contributed by atoms with E-state index < -0.39 is 5.60 Å². The summed E-state index contributed by atoms with van der Waals surface area (Å²) in [6.45, 7) is 9.00. The van der Waals surface area contributed by atoms with Crippen LogP contribution in [-0.4, -0.2) is 16.0 Å². The maximum atomic E-state index is 13.0. The third-order valence-electron chi connectivity index (χ3n) is 3.65. The molecule has 0 fully saturated rings. The lowest BCUT2D eigenvalue weighted by atomic mass is 10.1. The van der Waals surface area contributed by atoms with Gasteiger partial charge in [0.05, 0.1) is 6.54 Å². The smallest absolute Gasteiger partial charge is 0.135 e. The van der Waals surface area contributed by atoms with Crippen LogP contribution in [0.15, 0.2) is 40.8 Å². The Morgan fingerprint density at radius 2 is 1.73 bits per heavy atom. The van der Waals surface area contributed by atoms with Gasteiger partial charge >= 0.3 is 0 Å². The fourth-order valence-electron chi connectivity index (χ4n) is 2.24. The van der Waals surface area contributed by atoms with Gasteiger partial charge in [-0.1, -0.05) is 12.1 Å². The second kappa shape index (κ2) is 6.63. The maximum absolute atomic E-state index is 13.0. The van der Waals surface area contributed by atoms with Gasteiger partial charge in [0.1, 0.15) is 22.9 Å². The van der Waals surface area contributed by atoms with Crippen LogP contribution in [0.5, 0.6) is 0 Å². The predicted molar refractivity (Wildman–Crippen MR) is 84.7 cm³/mol. The molecular formula is C18H24FNO2. The topological polar surface area (TPSA) is 36.6 Å². The molecule has 1 aromatic carbocycles. The number of aliphatic hydroxyl groups is 1. The van der Waals surface area contributed by atoms with Crippen molar-refractivity contribution in [2.75, 3.05) is 0 Å². The highest BCUT2D eigenvalue weighted by Gasteiger charge is 2.21. The predicted octanol–water partition coefficient (Wildman–Crippen LogP) is 4.06. The van der Waals surface area contributed by atoms with E-state index in [1.165, 1.54) is 12.1 Å². The van der Waals surface area contributed by atoms with Crippen molar-refractivity contribution in [3.05, 3.63) is 59.3 Å². The van der Waals surface area contributed by atoms with Crippen molar-refractivity contribution in [2.45, 2.75) is 52.4 Å². The normalized spacial score (nSPS) is 12.4. The van der Waals surface area contributed by atoms with Gasteiger partial charge in [-0.05, 0) is 57.5 Å². The summed E-state index contributed by atoms with van der Waals surface area (Å²) in [4.78, 5) is 2.24. The van der Waals surface area contributed by atoms with E-state index in [2.05, 4.69) is 18.7 Å². The lowest BCUT2D eigenvalue weighted by Gasteiger charge is -2.25. The molecule has 22 heavy (non-hydrogen) atoms. The number of rotatable bonds is 6. The zero-order valence-corrected chi connectivity index (χ0v) is 13.6. The van der Waals surface area contributed by atoms with Crippen LogP contribution in [0.1, 0.15) is 44.8 Å². The summed E-state index contributed by atoms with van der Waals surface area (Å²) in [5, 5.41) is 9.96. The van der Waals surface area contributed by atoms with Gasteiger partial charge in [0.15, 0.2) is 0 Å². The maximum Gasteiger partial charge on any atom is 0.135 e. The number of halogens is 1. The quantitative estimate of drug-likeness (QED) is 0.874. The van der Waals surface area contributed by atoms with Crippen LogP contribution in [0.4, 0.5) is 4.39 Å². The van der Waals surface area contributed by atoms with E-state index in [9.17, 15) is 9.50 Å². The third-order valence-corrected chi connectivity index (χ3v) is 3.65. The molecule has 0 spiro atoms. The Labute approximate surface area is 131 Å². The zero-order valence-electron chi connectivity index (χ0n) is 13.6. The van der Waals surface area contributed by atoms with Crippen molar-refractivity contribution < 1.29 is 13.9 Å². The van der Waals surface area contributed by atoms with Crippen molar-refractivity contribution in [2.24, 2.45) is 0 Å². The average molecular weight is 305 g/mol. The van der Waals surface area contributed by atoms with Crippen LogP contribution in [0.2, 0.25) is 0 Å². The highest BCUT2D eigenvalue weighted by molar-refractivity contribution is 5.17. The molecule has 0 radical (unpaired) electrons. The van der Waals surface area contributed by atoms with Crippen molar-refractivity contribution in [3.63, 3.8) is 0 Å². The minimum Gasteiger partial charge on any atom is -0.462 e. The van der Waals surface area contributed by atoms with E-state index in [0.717, 1.165) is 17.9 Å². The van der Waals surface area contributed by atoms with Crippen molar-refractivity contribution in [1.29, 1.82) is 0 Å². The molecule has 4 heteroatoms. The van der Waals surface area contributed by atoms with Crippen LogP contribution in [-0.2, 0) is 18.7 Å². The van der Waals surface area contributed by atoms with Crippen LogP contribution in [0, 0.1) is 5.82 Å². The molecular weight excluding hydrogens is 281 g/mol. The van der Waals surface area contributed by atoms with Gasteiger partial charge in [-0.25, -0.2) is 4.39 Å². The second-order valence-electron chi connectivity index (χ2n) is 6.45. The van der Waals surface area contributed by atoms with Crippen molar-refractivity contribution >= 4 is 0 Å². The van der Waals surface area contributed by atoms with Gasteiger partial charge in [0.2, 0.25) is 0 Å². The first kappa shape index (κ1) is 16.7. The fourth-order valence-corrected chi connectivity index (χ4v) is 2.24. The first-order valence-corrected chi connectivity index (χ1v) is 7.56. The Hall–Kier alpha value is -1.65. The Balaban J connectivity index is 2.09. The molecule has 0 aliphatic rings. The van der Waals surface area contributed by atoms with Gasteiger partial charge in [-0.3, -0.25) is 4.90 Å². The molecule has 0 bridgehead atoms. The summed E-state index contributed by atoms with van der Waals surface area (Å²) in [5.41, 5.74) is 0.0853. The standard InChI is InChI=1S/C18H24FNO2/c1-13(2)20(11-14-5-7-15(19)8-6-14)12-16-9-10-17(22-16)18(3,4)21/h5-10,13,21H,11-12H2,1-4H3. The highest BCUT2D eigenvalue weighted by Crippen LogP contribution is 2.23. The lowest BCUT2D eigenvalue weighted by Crippen LogP contribution is -2.29. The first-order valence-electron chi connectivity index (χ1n) is 7.56. The van der Waals surface area contributed by atoms with Crippen LogP contribution in [0.3, 0.4) is 0 Å².